The second-order valence-electron chi connectivity index (χ2n) is 5.11. The van der Waals surface area contributed by atoms with Crippen molar-refractivity contribution in [3.63, 3.8) is 0 Å². The number of amides is 1. The summed E-state index contributed by atoms with van der Waals surface area (Å²) >= 11 is 0. The molecule has 0 saturated heterocycles. The van der Waals surface area contributed by atoms with E-state index in [1.807, 2.05) is 12.1 Å². The quantitative estimate of drug-likeness (QED) is 0.680. The maximum absolute atomic E-state index is 11.7. The molecule has 1 unspecified atom stereocenters. The topological polar surface area (TPSA) is 64.3 Å². The Balaban J connectivity index is 2.25. The van der Waals surface area contributed by atoms with E-state index in [1.165, 1.54) is 19.3 Å². The smallest absolute Gasteiger partial charge is 0.250 e. The molecule has 0 aliphatic rings. The molecule has 0 fully saturated rings. The number of carbonyl (C=O) groups excluding carboxylic acids is 1. The summed E-state index contributed by atoms with van der Waals surface area (Å²) in [5.41, 5.74) is 6.99. The highest BCUT2D eigenvalue weighted by atomic mass is 16.5. The molecular formula is C16H26N2O2. The minimum atomic E-state index is -0.138. The Bertz CT molecular complexity index is 407. The molecule has 4 nitrogen and oxygen atoms in total. The summed E-state index contributed by atoms with van der Waals surface area (Å²) in [7, 11) is 0. The predicted octanol–water partition coefficient (Wildman–Crippen LogP) is 3.44. The van der Waals surface area contributed by atoms with Gasteiger partial charge in [0, 0.05) is 11.4 Å². The first kappa shape index (κ1) is 16.5. The van der Waals surface area contributed by atoms with Gasteiger partial charge in [-0.15, -0.1) is 0 Å². The summed E-state index contributed by atoms with van der Waals surface area (Å²) in [5.74, 6) is 0.413. The Labute approximate surface area is 121 Å². The fourth-order valence-electron chi connectivity index (χ4n) is 2.03. The van der Waals surface area contributed by atoms with Crippen LogP contribution in [0.25, 0.3) is 0 Å². The summed E-state index contributed by atoms with van der Waals surface area (Å²) in [6.07, 6.45) is 4.68. The van der Waals surface area contributed by atoms with Crippen LogP contribution in [0.4, 0.5) is 11.4 Å². The molecule has 0 aliphatic carbocycles. The van der Waals surface area contributed by atoms with Crippen molar-refractivity contribution in [2.45, 2.75) is 39.5 Å². The Morgan fingerprint density at radius 2 is 2.20 bits per heavy atom. The third-order valence-electron chi connectivity index (χ3n) is 3.30. The Morgan fingerprint density at radius 3 is 2.85 bits per heavy atom. The third kappa shape index (κ3) is 6.57. The van der Waals surface area contributed by atoms with Crippen LogP contribution in [-0.4, -0.2) is 19.1 Å². The van der Waals surface area contributed by atoms with Gasteiger partial charge in [0.15, 0.2) is 0 Å². The molecule has 1 rings (SSSR count). The first-order valence-electron chi connectivity index (χ1n) is 7.38. The first-order valence-corrected chi connectivity index (χ1v) is 7.38. The monoisotopic (exact) mass is 278 g/mol. The fraction of sp³-hybridized carbons (Fsp3) is 0.562. The van der Waals surface area contributed by atoms with Crippen LogP contribution < -0.4 is 11.1 Å². The molecule has 1 aromatic carbocycles. The lowest BCUT2D eigenvalue weighted by Gasteiger charge is -2.14. The molecule has 1 atom stereocenters. The van der Waals surface area contributed by atoms with Gasteiger partial charge in [-0.1, -0.05) is 39.2 Å². The summed E-state index contributed by atoms with van der Waals surface area (Å²) in [5, 5.41) is 2.77. The molecule has 0 radical (unpaired) electrons. The minimum Gasteiger partial charge on any atom is -0.399 e. The van der Waals surface area contributed by atoms with Crippen LogP contribution in [0.3, 0.4) is 0 Å². The minimum absolute atomic E-state index is 0.0947. The second-order valence-corrected chi connectivity index (χ2v) is 5.11. The van der Waals surface area contributed by atoms with Gasteiger partial charge in [-0.2, -0.15) is 0 Å². The molecule has 20 heavy (non-hydrogen) atoms. The third-order valence-corrected chi connectivity index (χ3v) is 3.30. The largest absolute Gasteiger partial charge is 0.399 e. The van der Waals surface area contributed by atoms with Gasteiger partial charge in [0.2, 0.25) is 5.91 Å². The van der Waals surface area contributed by atoms with Gasteiger partial charge in [-0.05, 0) is 30.5 Å². The molecule has 1 amide bonds. The lowest BCUT2D eigenvalue weighted by Crippen LogP contribution is -2.20. The van der Waals surface area contributed by atoms with Crippen molar-refractivity contribution in [3.8, 4) is 0 Å². The van der Waals surface area contributed by atoms with Crippen LogP contribution in [-0.2, 0) is 9.53 Å². The number of nitrogens with two attached hydrogens (primary N) is 1. The number of hydrogen-bond acceptors (Lipinski definition) is 3. The number of carbonyl (C=O) groups is 1. The van der Waals surface area contributed by atoms with Crippen LogP contribution in [0, 0.1) is 5.92 Å². The highest BCUT2D eigenvalue weighted by Gasteiger charge is 2.08. The lowest BCUT2D eigenvalue weighted by atomic mass is 10.0. The number of anilines is 2. The van der Waals surface area contributed by atoms with Crippen LogP contribution in [0.2, 0.25) is 0 Å². The molecule has 0 bridgehead atoms. The average molecular weight is 278 g/mol. The van der Waals surface area contributed by atoms with E-state index in [0.29, 0.717) is 23.9 Å². The number of nitrogens with one attached hydrogen (secondary N) is 1. The van der Waals surface area contributed by atoms with Crippen molar-refractivity contribution in [2.75, 3.05) is 24.3 Å². The normalized spacial score (nSPS) is 12.1. The first-order chi connectivity index (χ1) is 9.65. The molecule has 0 saturated carbocycles. The van der Waals surface area contributed by atoms with Gasteiger partial charge < -0.3 is 15.8 Å². The van der Waals surface area contributed by atoms with Crippen LogP contribution in [0.1, 0.15) is 39.5 Å². The van der Waals surface area contributed by atoms with E-state index in [2.05, 4.69) is 19.2 Å². The van der Waals surface area contributed by atoms with Gasteiger partial charge in [0.05, 0.1) is 6.61 Å². The number of unbranched alkanes of at least 4 members (excludes halogenated alkanes) is 1. The second kappa shape index (κ2) is 9.37. The Morgan fingerprint density at radius 1 is 1.40 bits per heavy atom. The zero-order valence-electron chi connectivity index (χ0n) is 12.5. The zero-order valence-corrected chi connectivity index (χ0v) is 12.5. The van der Waals surface area contributed by atoms with Crippen LogP contribution in [0.15, 0.2) is 24.3 Å². The van der Waals surface area contributed by atoms with E-state index < -0.39 is 0 Å². The lowest BCUT2D eigenvalue weighted by molar-refractivity contribution is -0.121. The molecular weight excluding hydrogens is 252 g/mol. The zero-order chi connectivity index (χ0) is 14.8. The summed E-state index contributed by atoms with van der Waals surface area (Å²) in [6, 6.07) is 7.13. The molecule has 0 spiro atoms. The average Bonchev–Trinajstić information content (AvgIpc) is 2.42. The molecule has 1 aromatic rings. The van der Waals surface area contributed by atoms with Crippen molar-refractivity contribution in [3.05, 3.63) is 24.3 Å². The van der Waals surface area contributed by atoms with E-state index >= 15 is 0 Å². The van der Waals surface area contributed by atoms with E-state index in [1.54, 1.807) is 12.1 Å². The van der Waals surface area contributed by atoms with E-state index in [4.69, 9.17) is 10.5 Å². The SMILES string of the molecule is CCCCC(CC)COCC(=O)Nc1cccc(N)c1. The summed E-state index contributed by atoms with van der Waals surface area (Å²) in [6.45, 7) is 5.10. The van der Waals surface area contributed by atoms with Crippen molar-refractivity contribution >= 4 is 17.3 Å². The van der Waals surface area contributed by atoms with E-state index in [0.717, 1.165) is 6.42 Å². The maximum atomic E-state index is 11.7. The van der Waals surface area contributed by atoms with E-state index in [-0.39, 0.29) is 12.5 Å². The number of hydrogen-bond donors (Lipinski definition) is 2. The van der Waals surface area contributed by atoms with Gasteiger partial charge in [0.1, 0.15) is 6.61 Å². The summed E-state index contributed by atoms with van der Waals surface area (Å²) < 4.78 is 5.50. The molecule has 0 heterocycles. The van der Waals surface area contributed by atoms with Gasteiger partial charge in [0.25, 0.3) is 0 Å². The van der Waals surface area contributed by atoms with Crippen molar-refractivity contribution in [1.82, 2.24) is 0 Å². The van der Waals surface area contributed by atoms with Gasteiger partial charge in [-0.25, -0.2) is 0 Å². The van der Waals surface area contributed by atoms with Crippen LogP contribution in [0.5, 0.6) is 0 Å². The molecule has 0 aliphatic heterocycles. The molecule has 0 aromatic heterocycles. The highest BCUT2D eigenvalue weighted by molar-refractivity contribution is 5.92. The highest BCUT2D eigenvalue weighted by Crippen LogP contribution is 2.13. The Kier molecular flexibility index (Phi) is 7.73. The van der Waals surface area contributed by atoms with E-state index in [9.17, 15) is 4.79 Å². The van der Waals surface area contributed by atoms with Crippen molar-refractivity contribution < 1.29 is 9.53 Å². The number of rotatable bonds is 9. The van der Waals surface area contributed by atoms with Gasteiger partial charge >= 0.3 is 0 Å². The summed E-state index contributed by atoms with van der Waals surface area (Å²) in [4.78, 5) is 11.7. The number of nitrogen functional groups attached to an aromatic ring is 1. The standard InChI is InChI=1S/C16H26N2O2/c1-3-5-7-13(4-2)11-20-12-16(19)18-15-9-6-8-14(17)10-15/h6,8-10,13H,3-5,7,11-12,17H2,1-2H3,(H,18,19). The predicted molar refractivity (Wildman–Crippen MR) is 83.6 cm³/mol. The molecule has 3 N–H and O–H groups in total. The Hall–Kier alpha value is -1.55. The van der Waals surface area contributed by atoms with Crippen LogP contribution >= 0.6 is 0 Å². The maximum Gasteiger partial charge on any atom is 0.250 e. The van der Waals surface area contributed by atoms with Gasteiger partial charge in [-0.3, -0.25) is 4.79 Å². The van der Waals surface area contributed by atoms with Crippen molar-refractivity contribution in [2.24, 2.45) is 5.92 Å². The fourth-order valence-corrected chi connectivity index (χ4v) is 2.03. The molecule has 112 valence electrons. The van der Waals surface area contributed by atoms with Crippen molar-refractivity contribution in [1.29, 1.82) is 0 Å². The number of benzene rings is 1. The molecule has 4 heteroatoms. The number of ether oxygens (including phenoxy) is 1.